The summed E-state index contributed by atoms with van der Waals surface area (Å²) in [6, 6.07) is 0. The van der Waals surface area contributed by atoms with Crippen molar-refractivity contribution in [1.29, 1.82) is 0 Å². The second-order valence-electron chi connectivity index (χ2n) is 7.88. The van der Waals surface area contributed by atoms with Crippen LogP contribution in [-0.4, -0.2) is 78.7 Å². The molecule has 2 aliphatic heterocycles. The van der Waals surface area contributed by atoms with Crippen LogP contribution in [0.5, 0.6) is 0 Å². The van der Waals surface area contributed by atoms with Crippen LogP contribution in [0.25, 0.3) is 0 Å². The maximum Gasteiger partial charge on any atom is 0.223 e. The molecule has 0 aromatic rings. The van der Waals surface area contributed by atoms with Crippen LogP contribution in [0.3, 0.4) is 0 Å². The third kappa shape index (κ3) is 3.61. The number of hydrogen-bond acceptors (Lipinski definition) is 4. The van der Waals surface area contributed by atoms with Crippen LogP contribution in [0.1, 0.15) is 44.9 Å². The molecule has 0 aromatic carbocycles. The first-order valence-corrected chi connectivity index (χ1v) is 9.20. The molecule has 1 unspecified atom stereocenters. The van der Waals surface area contributed by atoms with Crippen molar-refractivity contribution in [3.05, 3.63) is 0 Å². The fourth-order valence-electron chi connectivity index (χ4n) is 4.52. The molecule has 130 valence electrons. The Bertz CT molecular complexity index is 457. The van der Waals surface area contributed by atoms with E-state index < -0.39 is 0 Å². The number of amides is 1. The van der Waals surface area contributed by atoms with Gasteiger partial charge in [0.15, 0.2) is 0 Å². The maximum absolute atomic E-state index is 12.8. The lowest BCUT2D eigenvalue weighted by Gasteiger charge is -2.47. The summed E-state index contributed by atoms with van der Waals surface area (Å²) in [5, 5.41) is 0. The molecule has 1 atom stereocenters. The van der Waals surface area contributed by atoms with Gasteiger partial charge in [-0.15, -0.1) is 0 Å². The molecule has 23 heavy (non-hydrogen) atoms. The molecular formula is C18H31N3O2. The van der Waals surface area contributed by atoms with Crippen LogP contribution in [0.4, 0.5) is 0 Å². The molecule has 3 rings (SSSR count). The first-order chi connectivity index (χ1) is 11.0. The van der Waals surface area contributed by atoms with Crippen molar-refractivity contribution >= 4 is 11.7 Å². The minimum atomic E-state index is -0.00285. The van der Waals surface area contributed by atoms with Crippen molar-refractivity contribution in [2.24, 2.45) is 5.92 Å². The van der Waals surface area contributed by atoms with Crippen LogP contribution >= 0.6 is 0 Å². The second kappa shape index (κ2) is 6.89. The summed E-state index contributed by atoms with van der Waals surface area (Å²) in [4.78, 5) is 31.6. The Morgan fingerprint density at radius 2 is 1.87 bits per heavy atom. The van der Waals surface area contributed by atoms with E-state index in [1.165, 1.54) is 0 Å². The zero-order valence-electron chi connectivity index (χ0n) is 14.7. The highest BCUT2D eigenvalue weighted by atomic mass is 16.2. The van der Waals surface area contributed by atoms with E-state index in [0.717, 1.165) is 64.8 Å². The summed E-state index contributed by atoms with van der Waals surface area (Å²) >= 11 is 0. The highest BCUT2D eigenvalue weighted by Gasteiger charge is 2.41. The van der Waals surface area contributed by atoms with Crippen molar-refractivity contribution in [3.63, 3.8) is 0 Å². The number of Topliss-reactive ketones (excluding diaryl/α,β-unsaturated/α-hetero) is 1. The molecule has 5 nitrogen and oxygen atoms in total. The van der Waals surface area contributed by atoms with Gasteiger partial charge in [0.25, 0.3) is 0 Å². The lowest BCUT2D eigenvalue weighted by molar-refractivity contribution is -0.136. The van der Waals surface area contributed by atoms with E-state index in [4.69, 9.17) is 0 Å². The van der Waals surface area contributed by atoms with Gasteiger partial charge >= 0.3 is 0 Å². The van der Waals surface area contributed by atoms with Crippen molar-refractivity contribution in [2.75, 3.05) is 46.8 Å². The van der Waals surface area contributed by atoms with E-state index in [0.29, 0.717) is 18.6 Å². The molecule has 0 aromatic heterocycles. The first-order valence-electron chi connectivity index (χ1n) is 9.20. The Morgan fingerprint density at radius 3 is 2.52 bits per heavy atom. The number of ketones is 1. The minimum Gasteiger partial charge on any atom is -0.341 e. The monoisotopic (exact) mass is 321 g/mol. The molecule has 3 aliphatic rings. The number of likely N-dealkylation sites (tertiary alicyclic amines) is 1. The Labute approximate surface area is 140 Å². The molecule has 1 spiro atoms. The van der Waals surface area contributed by atoms with Crippen molar-refractivity contribution in [1.82, 2.24) is 14.7 Å². The number of carbonyl (C=O) groups is 2. The largest absolute Gasteiger partial charge is 0.341 e. The number of hydrogen-bond donors (Lipinski definition) is 0. The fraction of sp³-hybridized carbons (Fsp3) is 0.889. The average molecular weight is 321 g/mol. The third-order valence-corrected chi connectivity index (χ3v) is 6.34. The summed E-state index contributed by atoms with van der Waals surface area (Å²) in [6.07, 6.45) is 6.30. The van der Waals surface area contributed by atoms with Gasteiger partial charge in [-0.1, -0.05) is 0 Å². The average Bonchev–Trinajstić information content (AvgIpc) is 2.85. The van der Waals surface area contributed by atoms with E-state index in [1.54, 1.807) is 0 Å². The van der Waals surface area contributed by atoms with Gasteiger partial charge in [0.05, 0.1) is 0 Å². The fourth-order valence-corrected chi connectivity index (χ4v) is 4.52. The maximum atomic E-state index is 12.8. The van der Waals surface area contributed by atoms with E-state index in [1.807, 2.05) is 0 Å². The van der Waals surface area contributed by atoms with Crippen molar-refractivity contribution in [3.8, 4) is 0 Å². The summed E-state index contributed by atoms with van der Waals surface area (Å²) < 4.78 is 0. The summed E-state index contributed by atoms with van der Waals surface area (Å²) in [7, 11) is 4.40. The highest BCUT2D eigenvalue weighted by molar-refractivity contribution is 5.88. The minimum absolute atomic E-state index is 0.00285. The van der Waals surface area contributed by atoms with Crippen molar-refractivity contribution < 1.29 is 9.59 Å². The van der Waals surface area contributed by atoms with Crippen LogP contribution in [-0.2, 0) is 9.59 Å². The molecule has 2 heterocycles. The van der Waals surface area contributed by atoms with Gasteiger partial charge in [-0.25, -0.2) is 0 Å². The lowest BCUT2D eigenvalue weighted by Crippen LogP contribution is -2.58. The third-order valence-electron chi connectivity index (χ3n) is 6.34. The van der Waals surface area contributed by atoms with Crippen LogP contribution in [0.15, 0.2) is 0 Å². The topological polar surface area (TPSA) is 43.9 Å². The van der Waals surface area contributed by atoms with E-state index in [2.05, 4.69) is 28.8 Å². The molecule has 1 aliphatic carbocycles. The molecule has 2 saturated heterocycles. The number of rotatable bonds is 2. The Kier molecular flexibility index (Phi) is 5.07. The predicted octanol–water partition coefficient (Wildman–Crippen LogP) is 1.37. The molecule has 0 radical (unpaired) electrons. The zero-order valence-corrected chi connectivity index (χ0v) is 14.7. The molecule has 5 heteroatoms. The van der Waals surface area contributed by atoms with Gasteiger partial charge in [0.1, 0.15) is 5.78 Å². The van der Waals surface area contributed by atoms with Gasteiger partial charge in [-0.05, 0) is 59.3 Å². The predicted molar refractivity (Wildman–Crippen MR) is 90.3 cm³/mol. The van der Waals surface area contributed by atoms with Gasteiger partial charge in [0, 0.05) is 43.9 Å². The number of nitrogens with zero attached hydrogens (tertiary/aromatic N) is 3. The molecule has 0 N–H and O–H groups in total. The standard InChI is InChI=1S/C18H31N3O2/c1-19-11-7-18(8-12-19)14-21(10-4-9-20(18)2)17(23)13-15-5-3-6-16(15)22/h15H,3-14H2,1-2H3. The molecule has 3 fully saturated rings. The lowest BCUT2D eigenvalue weighted by atomic mass is 9.85. The van der Waals surface area contributed by atoms with E-state index in [9.17, 15) is 9.59 Å². The summed E-state index contributed by atoms with van der Waals surface area (Å²) in [5.74, 6) is 0.509. The van der Waals surface area contributed by atoms with Crippen LogP contribution in [0.2, 0.25) is 0 Å². The van der Waals surface area contributed by atoms with Crippen LogP contribution < -0.4 is 0 Å². The van der Waals surface area contributed by atoms with Crippen molar-refractivity contribution in [2.45, 2.75) is 50.5 Å². The smallest absolute Gasteiger partial charge is 0.223 e. The first kappa shape index (κ1) is 16.9. The quantitative estimate of drug-likeness (QED) is 0.771. The zero-order chi connectivity index (χ0) is 16.4. The van der Waals surface area contributed by atoms with E-state index >= 15 is 0 Å². The molecule has 1 amide bonds. The van der Waals surface area contributed by atoms with Gasteiger partial charge < -0.3 is 9.80 Å². The summed E-state index contributed by atoms with van der Waals surface area (Å²) in [5.41, 5.74) is 0.137. The Morgan fingerprint density at radius 1 is 1.13 bits per heavy atom. The second-order valence-corrected chi connectivity index (χ2v) is 7.88. The van der Waals surface area contributed by atoms with Gasteiger partial charge in [-0.2, -0.15) is 0 Å². The summed E-state index contributed by atoms with van der Waals surface area (Å²) in [6.45, 7) is 4.97. The highest BCUT2D eigenvalue weighted by Crippen LogP contribution is 2.32. The van der Waals surface area contributed by atoms with E-state index in [-0.39, 0.29) is 17.4 Å². The van der Waals surface area contributed by atoms with Gasteiger partial charge in [-0.3, -0.25) is 14.5 Å². The molecule has 1 saturated carbocycles. The number of carbonyl (C=O) groups excluding carboxylic acids is 2. The molecular weight excluding hydrogens is 290 g/mol. The normalized spacial score (nSPS) is 29.9. The molecule has 0 bridgehead atoms. The van der Waals surface area contributed by atoms with Gasteiger partial charge in [0.2, 0.25) is 5.91 Å². The Balaban J connectivity index is 1.67. The van der Waals surface area contributed by atoms with Crippen LogP contribution in [0, 0.1) is 5.92 Å². The SMILES string of the molecule is CN1CCC2(CC1)CN(C(=O)CC1CCCC1=O)CCCN2C. The Hall–Kier alpha value is -0.940. The number of piperidine rings is 1. The number of likely N-dealkylation sites (N-methyl/N-ethyl adjacent to an activating group) is 1.